The summed E-state index contributed by atoms with van der Waals surface area (Å²) in [6.45, 7) is 0. The lowest BCUT2D eigenvalue weighted by Crippen LogP contribution is -2.54. The Bertz CT molecular complexity index is 1080. The van der Waals surface area contributed by atoms with Crippen LogP contribution in [-0.4, -0.2) is 35.7 Å². The van der Waals surface area contributed by atoms with Crippen LogP contribution in [0.15, 0.2) is 48.5 Å². The third-order valence-electron chi connectivity index (χ3n) is 4.96. The lowest BCUT2D eigenvalue weighted by molar-refractivity contribution is -0.137. The molecule has 6 N–H and O–H groups in total. The van der Waals surface area contributed by atoms with Gasteiger partial charge in [0.15, 0.2) is 0 Å². The van der Waals surface area contributed by atoms with Gasteiger partial charge in [-0.3, -0.25) is 19.2 Å². The maximum absolute atomic E-state index is 13.0. The van der Waals surface area contributed by atoms with Crippen molar-refractivity contribution in [2.24, 2.45) is 11.5 Å². The average molecular weight is 513 g/mol. The number of alkyl halides is 3. The first-order chi connectivity index (χ1) is 16.3. The second-order valence-electron chi connectivity index (χ2n) is 7.78. The number of benzene rings is 2. The van der Waals surface area contributed by atoms with E-state index in [9.17, 15) is 32.3 Å². The zero-order valence-corrected chi connectivity index (χ0v) is 19.2. The van der Waals surface area contributed by atoms with E-state index < -0.39 is 47.5 Å². The van der Waals surface area contributed by atoms with Crippen LogP contribution >= 0.6 is 11.6 Å². The van der Waals surface area contributed by atoms with Crippen molar-refractivity contribution in [2.75, 3.05) is 0 Å². The van der Waals surface area contributed by atoms with Gasteiger partial charge in [0.2, 0.25) is 23.6 Å². The van der Waals surface area contributed by atoms with Gasteiger partial charge in [-0.25, -0.2) is 0 Å². The highest BCUT2D eigenvalue weighted by Crippen LogP contribution is 2.29. The summed E-state index contributed by atoms with van der Waals surface area (Å²) < 4.78 is 38.3. The first-order valence-corrected chi connectivity index (χ1v) is 10.8. The molecular weight excluding hydrogens is 489 g/mol. The number of carbonyl (C=O) groups is 4. The normalized spacial score (nSPS) is 12.9. The second-order valence-corrected chi connectivity index (χ2v) is 8.22. The van der Waals surface area contributed by atoms with Crippen LogP contribution in [0.4, 0.5) is 13.2 Å². The highest BCUT2D eigenvalue weighted by Gasteiger charge is 2.30. The number of hydrogen-bond acceptors (Lipinski definition) is 4. The molecule has 0 heterocycles. The first-order valence-electron chi connectivity index (χ1n) is 10.4. The molecule has 0 fully saturated rings. The Morgan fingerprint density at radius 3 is 2.03 bits per heavy atom. The summed E-state index contributed by atoms with van der Waals surface area (Å²) in [6, 6.07) is 8.19. The molecule has 2 aromatic rings. The molecule has 0 aromatic heterocycles. The van der Waals surface area contributed by atoms with E-state index >= 15 is 0 Å². The van der Waals surface area contributed by atoms with Gasteiger partial charge in [-0.05, 0) is 35.4 Å². The van der Waals surface area contributed by atoms with Crippen molar-refractivity contribution in [2.45, 2.75) is 43.9 Å². The fourth-order valence-corrected chi connectivity index (χ4v) is 3.39. The van der Waals surface area contributed by atoms with Gasteiger partial charge in [0.1, 0.15) is 12.1 Å². The Morgan fingerprint density at radius 2 is 1.49 bits per heavy atom. The van der Waals surface area contributed by atoms with Gasteiger partial charge in [0.05, 0.1) is 5.56 Å². The van der Waals surface area contributed by atoms with E-state index in [0.29, 0.717) is 16.1 Å². The molecule has 2 aromatic carbocycles. The quantitative estimate of drug-likeness (QED) is 0.364. The predicted molar refractivity (Wildman–Crippen MR) is 122 cm³/mol. The van der Waals surface area contributed by atoms with Crippen LogP contribution in [0, 0.1) is 0 Å². The van der Waals surface area contributed by atoms with Crippen molar-refractivity contribution < 1.29 is 32.3 Å². The van der Waals surface area contributed by atoms with Crippen LogP contribution in [0.1, 0.15) is 29.5 Å². The predicted octanol–water partition coefficient (Wildman–Crippen LogP) is 1.86. The number of halogens is 4. The fourth-order valence-electron chi connectivity index (χ4n) is 3.17. The van der Waals surface area contributed by atoms with Gasteiger partial charge < -0.3 is 22.1 Å². The van der Waals surface area contributed by atoms with Crippen molar-refractivity contribution >= 4 is 35.2 Å². The highest BCUT2D eigenvalue weighted by molar-refractivity contribution is 6.30. The minimum atomic E-state index is -4.52. The van der Waals surface area contributed by atoms with E-state index in [-0.39, 0.29) is 25.7 Å². The number of hydrogen-bond donors (Lipinski definition) is 4. The van der Waals surface area contributed by atoms with Gasteiger partial charge in [-0.15, -0.1) is 0 Å². The van der Waals surface area contributed by atoms with Crippen molar-refractivity contribution in [1.29, 1.82) is 0 Å². The third kappa shape index (κ3) is 9.28. The van der Waals surface area contributed by atoms with Crippen molar-refractivity contribution in [3.8, 4) is 0 Å². The lowest BCUT2D eigenvalue weighted by Gasteiger charge is -2.22. The summed E-state index contributed by atoms with van der Waals surface area (Å²) in [5, 5.41) is 5.34. The van der Waals surface area contributed by atoms with E-state index in [1.54, 1.807) is 24.3 Å². The van der Waals surface area contributed by atoms with Crippen molar-refractivity contribution in [3.05, 3.63) is 70.2 Å². The summed E-state index contributed by atoms with van der Waals surface area (Å²) in [7, 11) is 0. The van der Waals surface area contributed by atoms with Crippen LogP contribution < -0.4 is 22.1 Å². The zero-order chi connectivity index (χ0) is 26.2. The molecule has 12 heteroatoms. The molecule has 0 radical (unpaired) electrons. The Hall–Kier alpha value is -3.60. The number of amides is 4. The SMILES string of the molecule is NC(=O)CCC(=O)NC(Cc1cccc(Cl)c1)C(=O)N[C@@H](Cc1ccc(C(F)(F)F)cc1)C(N)=O. The highest BCUT2D eigenvalue weighted by atomic mass is 35.5. The second kappa shape index (κ2) is 12.2. The summed E-state index contributed by atoms with van der Waals surface area (Å²) in [5.74, 6) is -2.99. The van der Waals surface area contributed by atoms with Gasteiger partial charge in [-0.2, -0.15) is 13.2 Å². The van der Waals surface area contributed by atoms with E-state index in [2.05, 4.69) is 10.6 Å². The van der Waals surface area contributed by atoms with Crippen molar-refractivity contribution in [3.63, 3.8) is 0 Å². The molecule has 0 aliphatic heterocycles. The summed E-state index contributed by atoms with van der Waals surface area (Å²) in [5.41, 5.74) is 10.5. The minimum absolute atomic E-state index is 0.000463. The molecular formula is C23H24ClF3N4O4. The smallest absolute Gasteiger partial charge is 0.370 e. The first kappa shape index (κ1) is 27.6. The number of primary amides is 2. The van der Waals surface area contributed by atoms with Crippen LogP contribution in [0.2, 0.25) is 5.02 Å². The Morgan fingerprint density at radius 1 is 0.857 bits per heavy atom. The molecule has 0 aliphatic rings. The maximum Gasteiger partial charge on any atom is 0.416 e. The van der Waals surface area contributed by atoms with E-state index in [1.807, 2.05) is 0 Å². The van der Waals surface area contributed by atoms with Crippen LogP contribution in [0.25, 0.3) is 0 Å². The fraction of sp³-hybridized carbons (Fsp3) is 0.304. The third-order valence-corrected chi connectivity index (χ3v) is 5.20. The minimum Gasteiger partial charge on any atom is -0.370 e. The molecule has 35 heavy (non-hydrogen) atoms. The Kier molecular flexibility index (Phi) is 9.64. The number of carbonyl (C=O) groups excluding carboxylic acids is 4. The molecule has 0 bridgehead atoms. The summed E-state index contributed by atoms with van der Waals surface area (Å²) in [4.78, 5) is 48.1. The van der Waals surface area contributed by atoms with Gasteiger partial charge in [0, 0.05) is 30.7 Å². The lowest BCUT2D eigenvalue weighted by atomic mass is 10.0. The van der Waals surface area contributed by atoms with E-state index in [4.69, 9.17) is 23.1 Å². The molecule has 0 spiro atoms. The average Bonchev–Trinajstić information content (AvgIpc) is 2.76. The zero-order valence-electron chi connectivity index (χ0n) is 18.4. The molecule has 188 valence electrons. The van der Waals surface area contributed by atoms with Crippen molar-refractivity contribution in [1.82, 2.24) is 10.6 Å². The topological polar surface area (TPSA) is 144 Å². The van der Waals surface area contributed by atoms with Crippen LogP contribution in [0.5, 0.6) is 0 Å². The van der Waals surface area contributed by atoms with E-state index in [1.165, 1.54) is 12.1 Å². The molecule has 0 aliphatic carbocycles. The number of nitrogens with two attached hydrogens (primary N) is 2. The summed E-state index contributed by atoms with van der Waals surface area (Å²) >= 11 is 5.98. The molecule has 0 saturated carbocycles. The Balaban J connectivity index is 2.17. The molecule has 1 unspecified atom stereocenters. The monoisotopic (exact) mass is 512 g/mol. The van der Waals surface area contributed by atoms with E-state index in [0.717, 1.165) is 12.1 Å². The number of nitrogens with one attached hydrogen (secondary N) is 2. The van der Waals surface area contributed by atoms with Crippen LogP contribution in [0.3, 0.4) is 0 Å². The standard InChI is InChI=1S/C23H24ClF3N4O4/c24-16-3-1-2-14(10-16)12-18(30-20(33)9-8-19(28)32)22(35)31-17(21(29)34)11-13-4-6-15(7-5-13)23(25,26)27/h1-7,10,17-18H,8-9,11-12H2,(H2,28,32)(H2,29,34)(H,30,33)(H,31,35)/t17-,18?/m0/s1. The molecule has 2 rings (SSSR count). The van der Waals surface area contributed by atoms with Crippen LogP contribution in [-0.2, 0) is 38.2 Å². The largest absolute Gasteiger partial charge is 0.416 e. The molecule has 2 atom stereocenters. The van der Waals surface area contributed by atoms with Gasteiger partial charge >= 0.3 is 6.18 Å². The summed E-state index contributed by atoms with van der Waals surface area (Å²) in [6.07, 6.45) is -5.16. The van der Waals surface area contributed by atoms with Gasteiger partial charge in [-0.1, -0.05) is 35.9 Å². The molecule has 8 nitrogen and oxygen atoms in total. The Labute approximate surface area is 204 Å². The molecule has 0 saturated heterocycles. The van der Waals surface area contributed by atoms with Gasteiger partial charge in [0.25, 0.3) is 0 Å². The number of rotatable bonds is 11. The maximum atomic E-state index is 13.0. The molecule has 4 amide bonds.